The lowest BCUT2D eigenvalue weighted by Crippen LogP contribution is -2.42. The van der Waals surface area contributed by atoms with Gasteiger partial charge in [-0.25, -0.2) is 0 Å². The normalized spacial score (nSPS) is 20.3. The predicted molar refractivity (Wildman–Crippen MR) is 63.3 cm³/mol. The van der Waals surface area contributed by atoms with Crippen LogP contribution in [0.5, 0.6) is 0 Å². The fourth-order valence-electron chi connectivity index (χ4n) is 1.87. The lowest BCUT2D eigenvalue weighted by Gasteiger charge is -2.18. The van der Waals surface area contributed by atoms with E-state index < -0.39 is 5.91 Å². The molecule has 98 valence electrons. The number of primary amides is 1. The van der Waals surface area contributed by atoms with Gasteiger partial charge in [0.1, 0.15) is 6.61 Å². The highest BCUT2D eigenvalue weighted by Gasteiger charge is 2.31. The highest BCUT2D eigenvalue weighted by atomic mass is 16.5. The monoisotopic (exact) mass is 243 g/mol. The number of hydrogen-bond donors (Lipinski definition) is 2. The van der Waals surface area contributed by atoms with Crippen molar-refractivity contribution in [2.45, 2.75) is 32.4 Å². The topological polar surface area (TPSA) is 84.7 Å². The van der Waals surface area contributed by atoms with Crippen LogP contribution in [0.3, 0.4) is 0 Å². The molecule has 1 heterocycles. The first-order valence-corrected chi connectivity index (χ1v) is 5.91. The molecule has 1 aliphatic heterocycles. The Balaban J connectivity index is 2.23. The molecule has 0 aromatic carbocycles. The van der Waals surface area contributed by atoms with Gasteiger partial charge >= 0.3 is 0 Å². The number of nitrogens with two attached hydrogens (primary N) is 1. The Hall–Kier alpha value is -1.14. The summed E-state index contributed by atoms with van der Waals surface area (Å²) >= 11 is 0. The summed E-state index contributed by atoms with van der Waals surface area (Å²) < 4.78 is 5.03. The molecule has 0 saturated carbocycles. The minimum Gasteiger partial charge on any atom is -0.370 e. The summed E-state index contributed by atoms with van der Waals surface area (Å²) in [6.07, 6.45) is 0.826. The smallest absolute Gasteiger partial charge is 0.243 e. The second kappa shape index (κ2) is 6.56. The van der Waals surface area contributed by atoms with E-state index in [-0.39, 0.29) is 18.6 Å². The fourth-order valence-corrected chi connectivity index (χ4v) is 1.87. The van der Waals surface area contributed by atoms with Crippen LogP contribution in [0, 0.1) is 0 Å². The number of likely N-dealkylation sites (tertiary alicyclic amines) is 1. The molecule has 1 saturated heterocycles. The van der Waals surface area contributed by atoms with Gasteiger partial charge in [-0.1, -0.05) is 13.8 Å². The van der Waals surface area contributed by atoms with Gasteiger partial charge in [0.05, 0.1) is 12.6 Å². The molecule has 0 spiro atoms. The molecule has 0 aromatic heterocycles. The Labute approximate surface area is 101 Å². The van der Waals surface area contributed by atoms with Gasteiger partial charge < -0.3 is 20.7 Å². The molecule has 1 aliphatic rings. The van der Waals surface area contributed by atoms with Crippen molar-refractivity contribution in [2.75, 3.05) is 26.3 Å². The fraction of sp³-hybridized carbons (Fsp3) is 0.818. The molecule has 2 amide bonds. The van der Waals surface area contributed by atoms with Gasteiger partial charge in [-0.15, -0.1) is 0 Å². The van der Waals surface area contributed by atoms with Crippen molar-refractivity contribution in [3.05, 3.63) is 0 Å². The van der Waals surface area contributed by atoms with E-state index >= 15 is 0 Å². The van der Waals surface area contributed by atoms with Gasteiger partial charge in [-0.3, -0.25) is 9.59 Å². The zero-order valence-electron chi connectivity index (χ0n) is 10.4. The second-order valence-electron chi connectivity index (χ2n) is 4.51. The molecular weight excluding hydrogens is 222 g/mol. The molecule has 0 radical (unpaired) electrons. The van der Waals surface area contributed by atoms with Crippen molar-refractivity contribution in [3.63, 3.8) is 0 Å². The van der Waals surface area contributed by atoms with Crippen molar-refractivity contribution in [3.8, 4) is 0 Å². The summed E-state index contributed by atoms with van der Waals surface area (Å²) in [5.41, 5.74) is 4.94. The van der Waals surface area contributed by atoms with E-state index in [1.165, 1.54) is 0 Å². The van der Waals surface area contributed by atoms with Gasteiger partial charge in [0, 0.05) is 19.1 Å². The molecular formula is C11H21N3O3. The summed E-state index contributed by atoms with van der Waals surface area (Å²) in [7, 11) is 0. The maximum Gasteiger partial charge on any atom is 0.243 e. The summed E-state index contributed by atoms with van der Waals surface area (Å²) in [6, 6.07) is 0.223. The standard InChI is InChI=1S/C11H21N3O3/c1-8(2)13-9-3-4-14(11(9)16)5-6-17-7-10(12)15/h8-9,13H,3-7H2,1-2H3,(H2,12,15). The third-order valence-electron chi connectivity index (χ3n) is 2.58. The van der Waals surface area contributed by atoms with Crippen molar-refractivity contribution in [1.29, 1.82) is 0 Å². The average molecular weight is 243 g/mol. The van der Waals surface area contributed by atoms with Crippen LogP contribution in [0.25, 0.3) is 0 Å². The third kappa shape index (κ3) is 4.70. The van der Waals surface area contributed by atoms with Crippen LogP contribution in [0.4, 0.5) is 0 Å². The Morgan fingerprint density at radius 2 is 2.35 bits per heavy atom. The van der Waals surface area contributed by atoms with Crippen LogP contribution in [-0.2, 0) is 14.3 Å². The molecule has 6 nitrogen and oxygen atoms in total. The van der Waals surface area contributed by atoms with Gasteiger partial charge in [0.25, 0.3) is 0 Å². The van der Waals surface area contributed by atoms with E-state index in [4.69, 9.17) is 10.5 Å². The molecule has 0 aromatic rings. The lowest BCUT2D eigenvalue weighted by atomic mass is 10.2. The van der Waals surface area contributed by atoms with Gasteiger partial charge in [-0.2, -0.15) is 0 Å². The maximum absolute atomic E-state index is 11.9. The van der Waals surface area contributed by atoms with Crippen molar-refractivity contribution in [2.24, 2.45) is 5.73 Å². The van der Waals surface area contributed by atoms with E-state index in [1.54, 1.807) is 4.90 Å². The minimum atomic E-state index is -0.489. The summed E-state index contributed by atoms with van der Waals surface area (Å²) in [4.78, 5) is 24.1. The quantitative estimate of drug-likeness (QED) is 0.567. The molecule has 1 fully saturated rings. The maximum atomic E-state index is 11.9. The van der Waals surface area contributed by atoms with E-state index in [0.29, 0.717) is 19.2 Å². The molecule has 3 N–H and O–H groups in total. The number of amides is 2. The Morgan fingerprint density at radius 3 is 2.94 bits per heavy atom. The van der Waals surface area contributed by atoms with Crippen LogP contribution in [-0.4, -0.2) is 55.1 Å². The highest BCUT2D eigenvalue weighted by molar-refractivity contribution is 5.84. The molecule has 1 atom stereocenters. The van der Waals surface area contributed by atoms with Crippen molar-refractivity contribution >= 4 is 11.8 Å². The number of carbonyl (C=O) groups excluding carboxylic acids is 2. The average Bonchev–Trinajstić information content (AvgIpc) is 2.55. The predicted octanol–water partition coefficient (Wildman–Crippen LogP) is -0.913. The van der Waals surface area contributed by atoms with Crippen LogP contribution in [0.15, 0.2) is 0 Å². The first kappa shape index (κ1) is 13.9. The van der Waals surface area contributed by atoms with E-state index in [2.05, 4.69) is 5.32 Å². The number of nitrogens with zero attached hydrogens (tertiary/aromatic N) is 1. The second-order valence-corrected chi connectivity index (χ2v) is 4.51. The Bertz CT molecular complexity index is 281. The van der Waals surface area contributed by atoms with Crippen molar-refractivity contribution < 1.29 is 14.3 Å². The zero-order chi connectivity index (χ0) is 12.8. The third-order valence-corrected chi connectivity index (χ3v) is 2.58. The number of nitrogens with one attached hydrogen (secondary N) is 1. The SMILES string of the molecule is CC(C)NC1CCN(CCOCC(N)=O)C1=O. The number of rotatable bonds is 7. The molecule has 1 unspecified atom stereocenters. The van der Waals surface area contributed by atoms with Gasteiger partial charge in [-0.05, 0) is 6.42 Å². The summed E-state index contributed by atoms with van der Waals surface area (Å²) in [5.74, 6) is -0.376. The van der Waals surface area contributed by atoms with Crippen molar-refractivity contribution in [1.82, 2.24) is 10.2 Å². The number of hydrogen-bond acceptors (Lipinski definition) is 4. The van der Waals surface area contributed by atoms with E-state index in [0.717, 1.165) is 13.0 Å². The largest absolute Gasteiger partial charge is 0.370 e. The van der Waals surface area contributed by atoms with E-state index in [1.807, 2.05) is 13.8 Å². The highest BCUT2D eigenvalue weighted by Crippen LogP contribution is 2.11. The summed E-state index contributed by atoms with van der Waals surface area (Å²) in [5, 5.41) is 3.22. The minimum absolute atomic E-state index is 0.0776. The van der Waals surface area contributed by atoms with E-state index in [9.17, 15) is 9.59 Å². The first-order valence-electron chi connectivity index (χ1n) is 5.91. The Morgan fingerprint density at radius 1 is 1.65 bits per heavy atom. The molecule has 0 aliphatic carbocycles. The summed E-state index contributed by atoms with van der Waals surface area (Å²) in [6.45, 7) is 5.56. The van der Waals surface area contributed by atoms with Crippen LogP contribution in [0.2, 0.25) is 0 Å². The molecule has 6 heteroatoms. The lowest BCUT2D eigenvalue weighted by molar-refractivity contribution is -0.130. The van der Waals surface area contributed by atoms with Crippen LogP contribution < -0.4 is 11.1 Å². The van der Waals surface area contributed by atoms with Gasteiger partial charge in [0.15, 0.2) is 0 Å². The Kier molecular flexibility index (Phi) is 5.37. The molecule has 1 rings (SSSR count). The van der Waals surface area contributed by atoms with Crippen LogP contribution >= 0.6 is 0 Å². The molecule has 17 heavy (non-hydrogen) atoms. The number of carbonyl (C=O) groups is 2. The van der Waals surface area contributed by atoms with Crippen LogP contribution in [0.1, 0.15) is 20.3 Å². The zero-order valence-corrected chi connectivity index (χ0v) is 10.4. The number of ether oxygens (including phenoxy) is 1. The molecule has 0 bridgehead atoms. The first-order chi connectivity index (χ1) is 8.00. The van der Waals surface area contributed by atoms with Gasteiger partial charge in [0.2, 0.25) is 11.8 Å².